The van der Waals surface area contributed by atoms with Gasteiger partial charge in [0.2, 0.25) is 0 Å². The van der Waals surface area contributed by atoms with Crippen LogP contribution in [-0.2, 0) is 14.1 Å². The van der Waals surface area contributed by atoms with Gasteiger partial charge in [-0.3, -0.25) is 0 Å². The number of piperidine rings is 2. The van der Waals surface area contributed by atoms with Crippen molar-refractivity contribution in [3.63, 3.8) is 0 Å². The second-order valence-corrected chi connectivity index (χ2v) is 17.7. The number of imidazole rings is 2. The van der Waals surface area contributed by atoms with Crippen molar-refractivity contribution in [1.29, 1.82) is 0 Å². The van der Waals surface area contributed by atoms with Gasteiger partial charge in [0, 0.05) is 52.4 Å². The summed E-state index contributed by atoms with van der Waals surface area (Å²) in [5.74, 6) is 7.29. The molecular formula is C44H58N10O2S2. The minimum absolute atomic E-state index is 0.704. The number of aryl methyl sites for hydroxylation is 4. The van der Waals surface area contributed by atoms with Gasteiger partial charge in [-0.2, -0.15) is 10.2 Å². The Morgan fingerprint density at radius 1 is 0.569 bits per heavy atom. The number of thioether (sulfide) groups is 2. The molecule has 2 aliphatic rings. The lowest BCUT2D eigenvalue weighted by Crippen LogP contribution is -2.34. The second kappa shape index (κ2) is 19.9. The highest BCUT2D eigenvalue weighted by Crippen LogP contribution is 2.29. The van der Waals surface area contributed by atoms with Crippen molar-refractivity contribution in [2.45, 2.75) is 76.5 Å². The van der Waals surface area contributed by atoms with E-state index < -0.39 is 0 Å². The summed E-state index contributed by atoms with van der Waals surface area (Å²) in [5, 5.41) is 19.1. The first-order valence-corrected chi connectivity index (χ1v) is 22.8. The Kier molecular flexibility index (Phi) is 14.3. The van der Waals surface area contributed by atoms with Crippen molar-refractivity contribution >= 4 is 57.2 Å². The lowest BCUT2D eigenvalue weighted by molar-refractivity contribution is 0.258. The number of aromatic nitrogens is 8. The van der Waals surface area contributed by atoms with E-state index in [1.165, 1.54) is 25.7 Å². The summed E-state index contributed by atoms with van der Waals surface area (Å²) >= 11 is 3.54. The summed E-state index contributed by atoms with van der Waals surface area (Å²) in [6.07, 6.45) is 6.89. The first kappa shape index (κ1) is 41.6. The quantitative estimate of drug-likeness (QED) is 0.0979. The first-order valence-electron chi connectivity index (χ1n) is 20.8. The fourth-order valence-electron chi connectivity index (χ4n) is 7.71. The number of rotatable bonds is 14. The maximum absolute atomic E-state index is 6.08. The molecule has 0 atom stereocenters. The molecule has 0 N–H and O–H groups in total. The van der Waals surface area contributed by atoms with E-state index in [9.17, 15) is 0 Å². The minimum Gasteiger partial charge on any atom is -0.494 e. The van der Waals surface area contributed by atoms with Crippen molar-refractivity contribution in [3.8, 4) is 11.5 Å². The number of hydrogen-bond donors (Lipinski definition) is 0. The van der Waals surface area contributed by atoms with Crippen LogP contribution in [0, 0.1) is 25.7 Å². The van der Waals surface area contributed by atoms with Gasteiger partial charge in [-0.05, 0) is 124 Å². The van der Waals surface area contributed by atoms with Crippen LogP contribution in [0.4, 0.5) is 11.6 Å². The molecule has 14 heteroatoms. The molecule has 2 aliphatic heterocycles. The molecule has 0 bridgehead atoms. The smallest absolute Gasteiger partial charge is 0.168 e. The predicted molar refractivity (Wildman–Crippen MR) is 238 cm³/mol. The average molecular weight is 823 g/mol. The maximum atomic E-state index is 6.08. The van der Waals surface area contributed by atoms with Crippen LogP contribution in [0.2, 0.25) is 0 Å². The van der Waals surface area contributed by atoms with Gasteiger partial charge in [0.25, 0.3) is 0 Å². The van der Waals surface area contributed by atoms with Crippen LogP contribution in [0.25, 0.3) is 22.1 Å². The number of anilines is 2. The standard InChI is InChI=1S/2C22H29N5OS/c1-4-29-22-23-19-15-18(6-7-20(19)26(22)3)28-14-11-17-9-12-27(13-10-17)21-8-5-16(2)24-25-21;1-4-29-22-23-19-7-6-18(15-20(19)26(22)3)28-14-11-17-9-12-27(13-10-17)21-8-5-16(2)24-25-21/h2*5-8,15,17H,4,9-14H2,1-3H3. The largest absolute Gasteiger partial charge is 0.494 e. The lowest BCUT2D eigenvalue weighted by atomic mass is 9.94. The van der Waals surface area contributed by atoms with Gasteiger partial charge in [-0.1, -0.05) is 37.4 Å². The summed E-state index contributed by atoms with van der Waals surface area (Å²) in [6, 6.07) is 20.7. The van der Waals surface area contributed by atoms with E-state index in [0.29, 0.717) is 11.8 Å². The van der Waals surface area contributed by atoms with Gasteiger partial charge >= 0.3 is 0 Å². The molecule has 0 unspecified atom stereocenters. The fourth-order valence-corrected chi connectivity index (χ4v) is 9.14. The summed E-state index contributed by atoms with van der Waals surface area (Å²) < 4.78 is 16.4. The van der Waals surface area contributed by atoms with Crippen LogP contribution < -0.4 is 19.3 Å². The Morgan fingerprint density at radius 3 is 1.55 bits per heavy atom. The van der Waals surface area contributed by atoms with E-state index in [2.05, 4.69) is 115 Å². The molecule has 8 rings (SSSR count). The van der Waals surface area contributed by atoms with E-state index >= 15 is 0 Å². The summed E-state index contributed by atoms with van der Waals surface area (Å²) in [6.45, 7) is 13.9. The van der Waals surface area contributed by atoms with Crippen molar-refractivity contribution < 1.29 is 9.47 Å². The van der Waals surface area contributed by atoms with Gasteiger partial charge in [-0.25, -0.2) is 9.97 Å². The number of nitrogens with zero attached hydrogens (tertiary/aromatic N) is 10. The van der Waals surface area contributed by atoms with Crippen molar-refractivity contribution in [2.24, 2.45) is 25.9 Å². The highest BCUT2D eigenvalue weighted by molar-refractivity contribution is 7.99. The predicted octanol–water partition coefficient (Wildman–Crippen LogP) is 8.94. The fraction of sp³-hybridized carbons (Fsp3) is 0.500. The molecule has 0 radical (unpaired) electrons. The number of benzene rings is 2. The van der Waals surface area contributed by atoms with E-state index in [0.717, 1.165) is 131 Å². The third-order valence-corrected chi connectivity index (χ3v) is 13.0. The summed E-state index contributed by atoms with van der Waals surface area (Å²) in [4.78, 5) is 14.1. The highest BCUT2D eigenvalue weighted by Gasteiger charge is 2.22. The first-order chi connectivity index (χ1) is 28.3. The van der Waals surface area contributed by atoms with E-state index in [4.69, 9.17) is 14.5 Å². The van der Waals surface area contributed by atoms with Crippen molar-refractivity contribution in [1.82, 2.24) is 39.5 Å². The van der Waals surface area contributed by atoms with Gasteiger partial charge in [-0.15, -0.1) is 10.2 Å². The zero-order valence-electron chi connectivity index (χ0n) is 34.9. The Labute approximate surface area is 351 Å². The second-order valence-electron chi connectivity index (χ2n) is 15.3. The number of hydrogen-bond acceptors (Lipinski definition) is 12. The molecule has 6 heterocycles. The highest BCUT2D eigenvalue weighted by atomic mass is 32.2. The lowest BCUT2D eigenvalue weighted by Gasteiger charge is -2.32. The van der Waals surface area contributed by atoms with Crippen LogP contribution in [0.15, 0.2) is 71.0 Å². The summed E-state index contributed by atoms with van der Waals surface area (Å²) in [5.41, 5.74) is 6.25. The molecule has 6 aromatic rings. The van der Waals surface area contributed by atoms with Gasteiger partial charge < -0.3 is 28.4 Å². The normalized spacial score (nSPS) is 15.2. The Balaban J connectivity index is 0.000000177. The van der Waals surface area contributed by atoms with E-state index in [1.54, 1.807) is 23.5 Å². The minimum atomic E-state index is 0.704. The molecule has 2 aromatic carbocycles. The van der Waals surface area contributed by atoms with Crippen LogP contribution in [0.3, 0.4) is 0 Å². The molecule has 2 fully saturated rings. The van der Waals surface area contributed by atoms with E-state index in [-0.39, 0.29) is 0 Å². The SMILES string of the molecule is CCSc1nc2cc(OCCC3CCN(c4ccc(C)nn4)CC3)ccc2n1C.CCSc1nc2ccc(OCCC3CCN(c4ccc(C)nn4)CC3)cc2n1C. The third-order valence-electron chi connectivity index (χ3n) is 11.2. The van der Waals surface area contributed by atoms with Crippen molar-refractivity contribution in [2.75, 3.05) is 60.7 Å². The number of fused-ring (bicyclic) bond motifs is 2. The van der Waals surface area contributed by atoms with E-state index in [1.807, 2.05) is 32.0 Å². The van der Waals surface area contributed by atoms with Gasteiger partial charge in [0.15, 0.2) is 21.9 Å². The topological polar surface area (TPSA) is 112 Å². The molecule has 0 saturated carbocycles. The van der Waals surface area contributed by atoms with Crippen LogP contribution in [0.5, 0.6) is 11.5 Å². The van der Waals surface area contributed by atoms with Gasteiger partial charge in [0.1, 0.15) is 11.5 Å². The molecule has 0 amide bonds. The molecule has 12 nitrogen and oxygen atoms in total. The Hall–Kier alpha value is -4.56. The maximum Gasteiger partial charge on any atom is 0.168 e. The van der Waals surface area contributed by atoms with Gasteiger partial charge in [0.05, 0.1) is 46.7 Å². The van der Waals surface area contributed by atoms with Crippen LogP contribution in [-0.4, -0.2) is 90.4 Å². The average Bonchev–Trinajstić information content (AvgIpc) is 3.73. The zero-order chi connectivity index (χ0) is 40.4. The molecule has 4 aromatic heterocycles. The summed E-state index contributed by atoms with van der Waals surface area (Å²) in [7, 11) is 4.14. The Bertz CT molecular complexity index is 2210. The Morgan fingerprint density at radius 2 is 1.05 bits per heavy atom. The molecule has 58 heavy (non-hydrogen) atoms. The monoisotopic (exact) mass is 822 g/mol. The molecular weight excluding hydrogens is 765 g/mol. The van der Waals surface area contributed by atoms with Crippen molar-refractivity contribution in [3.05, 3.63) is 72.1 Å². The zero-order valence-corrected chi connectivity index (χ0v) is 36.6. The number of ether oxygens (including phenoxy) is 2. The third kappa shape index (κ3) is 10.5. The van der Waals surface area contributed by atoms with Crippen LogP contribution in [0.1, 0.15) is 63.8 Å². The molecule has 0 aliphatic carbocycles. The van der Waals surface area contributed by atoms with Crippen LogP contribution >= 0.6 is 23.5 Å². The molecule has 2 saturated heterocycles. The molecule has 308 valence electrons. The molecule has 0 spiro atoms.